The molecule has 112 valence electrons. The van der Waals surface area contributed by atoms with Crippen LogP contribution in [0.15, 0.2) is 12.1 Å². The number of anilines is 1. The molecule has 0 aliphatic rings. The number of nitrogens with zero attached hydrogens (tertiary/aromatic N) is 1. The Morgan fingerprint density at radius 3 is 2.45 bits per heavy atom. The lowest BCUT2D eigenvalue weighted by Gasteiger charge is -2.24. The van der Waals surface area contributed by atoms with Gasteiger partial charge in [0.2, 0.25) is 0 Å². The van der Waals surface area contributed by atoms with E-state index < -0.39 is 23.1 Å². The molecule has 0 N–H and O–H groups in total. The number of hydrogen-bond acceptors (Lipinski definition) is 3. The monoisotopic (exact) mass is 309 g/mol. The highest BCUT2D eigenvalue weighted by Gasteiger charge is 2.39. The van der Waals surface area contributed by atoms with Crippen LogP contribution in [0.3, 0.4) is 0 Å². The van der Waals surface area contributed by atoms with Gasteiger partial charge < -0.3 is 4.74 Å². The van der Waals surface area contributed by atoms with E-state index in [4.69, 9.17) is 16.5 Å². The molecule has 0 atom stereocenters. The van der Waals surface area contributed by atoms with Crippen molar-refractivity contribution < 1.29 is 22.7 Å². The fraction of sp³-hybridized carbons (Fsp3) is 0.462. The van der Waals surface area contributed by atoms with Gasteiger partial charge in [-0.25, -0.2) is 0 Å². The molecule has 7 heteroatoms. The highest BCUT2D eigenvalue weighted by molar-refractivity contribution is 6.26. The standard InChI is InChI=1S/C13H15ClF3NO2/c1-4-20-7-18(14)12-8(2)5-6-10(9(3)19)11(12)13(15,16)17/h5-6H,4,7H2,1-3H3. The predicted octanol–water partition coefficient (Wildman–Crippen LogP) is 4.17. The predicted molar refractivity (Wildman–Crippen MR) is 71.0 cm³/mol. The van der Waals surface area contributed by atoms with Crippen molar-refractivity contribution in [2.45, 2.75) is 26.9 Å². The van der Waals surface area contributed by atoms with Crippen LogP contribution in [0.5, 0.6) is 0 Å². The van der Waals surface area contributed by atoms with E-state index >= 15 is 0 Å². The first kappa shape index (κ1) is 16.8. The maximum atomic E-state index is 13.3. The molecule has 0 saturated heterocycles. The molecule has 0 unspecified atom stereocenters. The van der Waals surface area contributed by atoms with Crippen LogP contribution >= 0.6 is 11.8 Å². The van der Waals surface area contributed by atoms with Gasteiger partial charge >= 0.3 is 6.18 Å². The summed E-state index contributed by atoms with van der Waals surface area (Å²) in [5, 5.41) is 0. The van der Waals surface area contributed by atoms with E-state index in [2.05, 4.69) is 0 Å². The molecule has 0 fully saturated rings. The first-order valence-corrected chi connectivity index (χ1v) is 6.26. The Morgan fingerprint density at radius 2 is 2.00 bits per heavy atom. The molecule has 0 heterocycles. The molecule has 0 saturated carbocycles. The quantitative estimate of drug-likeness (QED) is 0.464. The Bertz CT molecular complexity index is 503. The molecule has 0 bridgehead atoms. The van der Waals surface area contributed by atoms with Crippen molar-refractivity contribution in [1.82, 2.24) is 0 Å². The number of aryl methyl sites for hydroxylation is 1. The van der Waals surface area contributed by atoms with Crippen LogP contribution in [0.2, 0.25) is 0 Å². The molecule has 0 radical (unpaired) electrons. The van der Waals surface area contributed by atoms with Crippen molar-refractivity contribution in [3.8, 4) is 0 Å². The van der Waals surface area contributed by atoms with E-state index in [1.807, 2.05) is 0 Å². The first-order chi connectivity index (χ1) is 9.20. The average Bonchev–Trinajstić information content (AvgIpc) is 2.33. The highest BCUT2D eigenvalue weighted by atomic mass is 35.5. The van der Waals surface area contributed by atoms with Crippen LogP contribution < -0.4 is 4.42 Å². The van der Waals surface area contributed by atoms with E-state index in [-0.39, 0.29) is 12.4 Å². The summed E-state index contributed by atoms with van der Waals surface area (Å²) >= 11 is 5.88. The Morgan fingerprint density at radius 1 is 1.40 bits per heavy atom. The van der Waals surface area contributed by atoms with Gasteiger partial charge in [0.15, 0.2) is 5.78 Å². The third-order valence-corrected chi connectivity index (χ3v) is 2.96. The third kappa shape index (κ3) is 3.64. The van der Waals surface area contributed by atoms with E-state index in [1.54, 1.807) is 6.92 Å². The number of carbonyl (C=O) groups excluding carboxylic acids is 1. The zero-order valence-electron chi connectivity index (χ0n) is 11.3. The number of benzene rings is 1. The topological polar surface area (TPSA) is 29.5 Å². The minimum absolute atomic E-state index is 0.205. The normalized spacial score (nSPS) is 11.6. The minimum Gasteiger partial charge on any atom is -0.360 e. The number of rotatable bonds is 5. The molecule has 1 aromatic carbocycles. The van der Waals surface area contributed by atoms with Crippen LogP contribution in [0.4, 0.5) is 18.9 Å². The summed E-state index contributed by atoms with van der Waals surface area (Å²) in [6, 6.07) is 2.60. The summed E-state index contributed by atoms with van der Waals surface area (Å²) in [4.78, 5) is 11.4. The van der Waals surface area contributed by atoms with Gasteiger partial charge in [-0.1, -0.05) is 12.1 Å². The summed E-state index contributed by atoms with van der Waals surface area (Å²) in [6.45, 7) is 4.40. The van der Waals surface area contributed by atoms with Crippen LogP contribution in [0.25, 0.3) is 0 Å². The van der Waals surface area contributed by atoms with Gasteiger partial charge in [-0.05, 0) is 26.3 Å². The number of Topliss-reactive ketones (excluding diaryl/α,β-unsaturated/α-hetero) is 1. The Labute approximate surface area is 120 Å². The lowest BCUT2D eigenvalue weighted by atomic mass is 9.98. The summed E-state index contributed by atoms with van der Waals surface area (Å²) in [6.07, 6.45) is -4.68. The van der Waals surface area contributed by atoms with Crippen molar-refractivity contribution in [3.63, 3.8) is 0 Å². The van der Waals surface area contributed by atoms with Gasteiger partial charge in [0, 0.05) is 23.9 Å². The molecule has 20 heavy (non-hydrogen) atoms. The second kappa shape index (κ2) is 6.45. The fourth-order valence-corrected chi connectivity index (χ4v) is 2.11. The van der Waals surface area contributed by atoms with Crippen molar-refractivity contribution in [2.75, 3.05) is 17.8 Å². The van der Waals surface area contributed by atoms with Gasteiger partial charge in [0.05, 0.1) is 11.3 Å². The van der Waals surface area contributed by atoms with E-state index in [0.29, 0.717) is 12.2 Å². The average molecular weight is 310 g/mol. The van der Waals surface area contributed by atoms with Crippen LogP contribution in [0.1, 0.15) is 35.3 Å². The van der Waals surface area contributed by atoms with Gasteiger partial charge in [-0.15, -0.1) is 0 Å². The number of alkyl halides is 3. The van der Waals surface area contributed by atoms with Gasteiger partial charge in [-0.2, -0.15) is 13.2 Å². The van der Waals surface area contributed by atoms with Crippen molar-refractivity contribution in [1.29, 1.82) is 0 Å². The Kier molecular flexibility index (Phi) is 5.42. The van der Waals surface area contributed by atoms with E-state index in [9.17, 15) is 18.0 Å². The Hall–Kier alpha value is -1.27. The smallest absolute Gasteiger partial charge is 0.360 e. The third-order valence-electron chi connectivity index (χ3n) is 2.69. The lowest BCUT2D eigenvalue weighted by Crippen LogP contribution is -2.23. The zero-order chi connectivity index (χ0) is 15.5. The molecule has 3 nitrogen and oxygen atoms in total. The van der Waals surface area contributed by atoms with Crippen LogP contribution in [0, 0.1) is 6.92 Å². The molecule has 1 rings (SSSR count). The van der Waals surface area contributed by atoms with Crippen LogP contribution in [-0.2, 0) is 10.9 Å². The van der Waals surface area contributed by atoms with Gasteiger partial charge in [0.1, 0.15) is 6.73 Å². The minimum atomic E-state index is -4.68. The number of ketones is 1. The van der Waals surface area contributed by atoms with E-state index in [1.165, 1.54) is 13.0 Å². The molecular formula is C13H15ClF3NO2. The highest BCUT2D eigenvalue weighted by Crippen LogP contribution is 2.41. The SMILES string of the molecule is CCOCN(Cl)c1c(C)ccc(C(C)=O)c1C(F)(F)F. The van der Waals surface area contributed by atoms with Crippen molar-refractivity contribution >= 4 is 23.2 Å². The van der Waals surface area contributed by atoms with Gasteiger partial charge in [0.25, 0.3) is 0 Å². The van der Waals surface area contributed by atoms with Crippen molar-refractivity contribution in [3.05, 3.63) is 28.8 Å². The maximum Gasteiger partial charge on any atom is 0.419 e. The summed E-state index contributed by atoms with van der Waals surface area (Å²) < 4.78 is 45.6. The fourth-order valence-electron chi connectivity index (χ4n) is 1.82. The number of hydrogen-bond donors (Lipinski definition) is 0. The summed E-state index contributed by atoms with van der Waals surface area (Å²) in [5.74, 6) is -0.667. The largest absolute Gasteiger partial charge is 0.419 e. The lowest BCUT2D eigenvalue weighted by molar-refractivity contribution is -0.137. The number of halogens is 4. The molecule has 0 aliphatic heterocycles. The molecular weight excluding hydrogens is 295 g/mol. The maximum absolute atomic E-state index is 13.3. The summed E-state index contributed by atoms with van der Waals surface area (Å²) in [7, 11) is 0. The zero-order valence-corrected chi connectivity index (χ0v) is 12.1. The van der Waals surface area contributed by atoms with E-state index in [0.717, 1.165) is 17.4 Å². The van der Waals surface area contributed by atoms with Gasteiger partial charge in [-0.3, -0.25) is 9.21 Å². The van der Waals surface area contributed by atoms with Crippen LogP contribution in [-0.4, -0.2) is 19.1 Å². The summed E-state index contributed by atoms with van der Waals surface area (Å²) in [5.41, 5.74) is -1.36. The molecule has 1 aromatic rings. The molecule has 0 aromatic heterocycles. The van der Waals surface area contributed by atoms with Crippen molar-refractivity contribution in [2.24, 2.45) is 0 Å². The molecule has 0 aliphatic carbocycles. The second-order valence-electron chi connectivity index (χ2n) is 4.19. The molecule has 0 amide bonds. The number of carbonyl (C=O) groups is 1. The number of ether oxygens (including phenoxy) is 1. The molecule has 0 spiro atoms. The Balaban J connectivity index is 3.47. The first-order valence-electron chi connectivity index (χ1n) is 5.93. The second-order valence-corrected chi connectivity index (χ2v) is 4.60.